The van der Waals surface area contributed by atoms with Crippen molar-refractivity contribution in [2.24, 2.45) is 5.73 Å². The predicted octanol–water partition coefficient (Wildman–Crippen LogP) is 3.75. The Hall–Kier alpha value is -3.86. The van der Waals surface area contributed by atoms with Gasteiger partial charge in [0.15, 0.2) is 0 Å². The van der Waals surface area contributed by atoms with E-state index in [0.29, 0.717) is 5.56 Å². The number of amides is 2. The molecule has 0 radical (unpaired) electrons. The zero-order valence-corrected chi connectivity index (χ0v) is 16.4. The Kier molecular flexibility index (Phi) is 4.36. The summed E-state index contributed by atoms with van der Waals surface area (Å²) in [7, 11) is 0. The molecule has 0 spiro atoms. The largest absolute Gasteiger partial charge is 0.394 e. The molecule has 4 aromatic rings. The van der Waals surface area contributed by atoms with E-state index >= 15 is 0 Å². The molecule has 5 nitrogen and oxygen atoms in total. The van der Waals surface area contributed by atoms with Crippen LogP contribution in [0.3, 0.4) is 0 Å². The number of carbonyl (C=O) groups excluding carboxylic acids is 2. The second kappa shape index (κ2) is 7.19. The fraction of sp³-hybridized carbons (Fsp3) is 0.120. The van der Waals surface area contributed by atoms with Crippen LogP contribution in [-0.4, -0.2) is 16.4 Å². The summed E-state index contributed by atoms with van der Waals surface area (Å²) in [6.07, 6.45) is 3.84. The third kappa shape index (κ3) is 2.95. The van der Waals surface area contributed by atoms with Gasteiger partial charge in [0.05, 0.1) is 5.57 Å². The number of nitrogens with two attached hydrogens (primary N) is 1. The van der Waals surface area contributed by atoms with Crippen LogP contribution in [0.4, 0.5) is 0 Å². The third-order valence-electron chi connectivity index (χ3n) is 5.75. The van der Waals surface area contributed by atoms with Crippen molar-refractivity contribution in [3.05, 3.63) is 89.8 Å². The van der Waals surface area contributed by atoms with E-state index in [4.69, 9.17) is 5.73 Å². The lowest BCUT2D eigenvalue weighted by molar-refractivity contribution is -0.123. The highest BCUT2D eigenvalue weighted by atomic mass is 16.2. The van der Waals surface area contributed by atoms with Gasteiger partial charge in [-0.05, 0) is 35.2 Å². The van der Waals surface area contributed by atoms with Crippen LogP contribution in [0.5, 0.6) is 0 Å². The Labute approximate surface area is 173 Å². The molecule has 0 atom stereocenters. The Morgan fingerprint density at radius 3 is 2.37 bits per heavy atom. The van der Waals surface area contributed by atoms with Crippen molar-refractivity contribution in [3.63, 3.8) is 0 Å². The van der Waals surface area contributed by atoms with E-state index in [1.807, 2.05) is 30.5 Å². The van der Waals surface area contributed by atoms with Crippen LogP contribution < -0.4 is 11.1 Å². The molecule has 0 unspecified atom stereocenters. The number of aromatic nitrogens is 1. The topological polar surface area (TPSA) is 77.1 Å². The Morgan fingerprint density at radius 2 is 1.57 bits per heavy atom. The molecule has 1 aliphatic heterocycles. The van der Waals surface area contributed by atoms with E-state index in [9.17, 15) is 9.59 Å². The first kappa shape index (κ1) is 18.2. The van der Waals surface area contributed by atoms with Crippen molar-refractivity contribution in [2.45, 2.75) is 19.4 Å². The number of fused-ring (bicyclic) bond motifs is 2. The maximum absolute atomic E-state index is 12.3. The summed E-state index contributed by atoms with van der Waals surface area (Å²) >= 11 is 0. The molecule has 3 aromatic carbocycles. The summed E-state index contributed by atoms with van der Waals surface area (Å²) in [6.45, 7) is 0.798. The van der Waals surface area contributed by atoms with Gasteiger partial charge in [-0.25, -0.2) is 0 Å². The lowest BCUT2D eigenvalue weighted by Gasteiger charge is -2.08. The number of aryl methyl sites for hydroxylation is 2. The van der Waals surface area contributed by atoms with Crippen molar-refractivity contribution < 1.29 is 9.59 Å². The Bertz CT molecular complexity index is 1340. The maximum Gasteiger partial charge on any atom is 0.274 e. The molecule has 30 heavy (non-hydrogen) atoms. The van der Waals surface area contributed by atoms with Gasteiger partial charge in [-0.3, -0.25) is 14.9 Å². The minimum Gasteiger partial charge on any atom is -0.394 e. The smallest absolute Gasteiger partial charge is 0.274 e. The normalized spacial score (nSPS) is 14.1. The van der Waals surface area contributed by atoms with Gasteiger partial charge < -0.3 is 10.3 Å². The molecule has 0 fully saturated rings. The molecule has 0 aliphatic carbocycles. The molecule has 0 saturated heterocycles. The van der Waals surface area contributed by atoms with Gasteiger partial charge in [-0.2, -0.15) is 0 Å². The van der Waals surface area contributed by atoms with E-state index in [-0.39, 0.29) is 11.3 Å². The zero-order chi connectivity index (χ0) is 20.7. The highest BCUT2D eigenvalue weighted by molar-refractivity contribution is 6.37. The van der Waals surface area contributed by atoms with Crippen LogP contribution in [0.25, 0.3) is 27.2 Å². The van der Waals surface area contributed by atoms with Gasteiger partial charge in [0, 0.05) is 29.2 Å². The number of nitrogens with zero attached hydrogens (tertiary/aromatic N) is 1. The van der Waals surface area contributed by atoms with Crippen LogP contribution in [0.15, 0.2) is 78.6 Å². The summed E-state index contributed by atoms with van der Waals surface area (Å²) in [5.41, 5.74) is 9.23. The molecule has 1 aromatic heterocycles. The fourth-order valence-corrected chi connectivity index (χ4v) is 4.32. The minimum absolute atomic E-state index is 0.0151. The molecular weight excluding hydrogens is 374 g/mol. The van der Waals surface area contributed by atoms with Crippen LogP contribution in [0.1, 0.15) is 17.5 Å². The van der Waals surface area contributed by atoms with Crippen LogP contribution in [0, 0.1) is 0 Å². The number of hydrogen-bond donors (Lipinski definition) is 2. The van der Waals surface area contributed by atoms with E-state index in [2.05, 4.69) is 52.3 Å². The standard InChI is InChI=1S/C25H21N3O2/c26-23-22(24(29)27-25(23)30)20-15-28(21-13-4-3-12-19(20)21)14-6-10-17-9-5-8-16-7-1-2-11-18(16)17/h1-5,7-9,11-13,15H,6,10,14H2,(H3,26,27,29,30). The number of benzene rings is 3. The lowest BCUT2D eigenvalue weighted by atomic mass is 10.0. The van der Waals surface area contributed by atoms with E-state index in [1.165, 1.54) is 16.3 Å². The maximum atomic E-state index is 12.3. The Balaban J connectivity index is 1.46. The van der Waals surface area contributed by atoms with Crippen molar-refractivity contribution in [2.75, 3.05) is 0 Å². The SMILES string of the molecule is NC1=C(c2cn(CCCc3cccc4ccccc34)c3ccccc23)C(=O)NC1=O. The molecule has 2 amide bonds. The minimum atomic E-state index is -0.525. The molecule has 1 aliphatic rings. The molecule has 0 bridgehead atoms. The monoisotopic (exact) mass is 395 g/mol. The van der Waals surface area contributed by atoms with Gasteiger partial charge in [-0.1, -0.05) is 60.7 Å². The molecular formula is C25H21N3O2. The van der Waals surface area contributed by atoms with Crippen molar-refractivity contribution >= 4 is 39.1 Å². The average Bonchev–Trinajstić information content (AvgIpc) is 3.24. The first-order valence-electron chi connectivity index (χ1n) is 10.0. The van der Waals surface area contributed by atoms with Crippen LogP contribution in [0.2, 0.25) is 0 Å². The highest BCUT2D eigenvalue weighted by Gasteiger charge is 2.31. The van der Waals surface area contributed by atoms with E-state index < -0.39 is 11.8 Å². The number of para-hydroxylation sites is 1. The van der Waals surface area contributed by atoms with Crippen LogP contribution in [-0.2, 0) is 22.6 Å². The lowest BCUT2D eigenvalue weighted by Crippen LogP contribution is -2.24. The molecule has 2 heterocycles. The summed E-state index contributed by atoms with van der Waals surface area (Å²) in [4.78, 5) is 24.1. The highest BCUT2D eigenvalue weighted by Crippen LogP contribution is 2.31. The first-order valence-corrected chi connectivity index (χ1v) is 10.0. The Morgan fingerprint density at radius 1 is 0.833 bits per heavy atom. The first-order chi connectivity index (χ1) is 14.6. The molecule has 5 rings (SSSR count). The third-order valence-corrected chi connectivity index (χ3v) is 5.75. The van der Waals surface area contributed by atoms with Gasteiger partial charge >= 0.3 is 0 Å². The zero-order valence-electron chi connectivity index (χ0n) is 16.4. The van der Waals surface area contributed by atoms with E-state index in [0.717, 1.165) is 30.3 Å². The molecule has 3 N–H and O–H groups in total. The summed E-state index contributed by atoms with van der Waals surface area (Å²) in [5, 5.41) is 5.75. The van der Waals surface area contributed by atoms with Crippen LogP contribution >= 0.6 is 0 Å². The van der Waals surface area contributed by atoms with Gasteiger partial charge in [-0.15, -0.1) is 0 Å². The molecule has 5 heteroatoms. The summed E-state index contributed by atoms with van der Waals surface area (Å²) < 4.78 is 2.14. The second-order valence-electron chi connectivity index (χ2n) is 7.57. The summed E-state index contributed by atoms with van der Waals surface area (Å²) in [5.74, 6) is -0.959. The molecule has 0 saturated carbocycles. The predicted molar refractivity (Wildman–Crippen MR) is 118 cm³/mol. The number of carbonyl (C=O) groups is 2. The average molecular weight is 395 g/mol. The second-order valence-corrected chi connectivity index (χ2v) is 7.57. The molecule has 148 valence electrons. The number of hydrogen-bond acceptors (Lipinski definition) is 3. The van der Waals surface area contributed by atoms with Crippen molar-refractivity contribution in [1.29, 1.82) is 0 Å². The van der Waals surface area contributed by atoms with E-state index in [1.54, 1.807) is 0 Å². The number of rotatable bonds is 5. The quantitative estimate of drug-likeness (QED) is 0.505. The number of imide groups is 1. The number of nitrogens with one attached hydrogen (secondary N) is 1. The van der Waals surface area contributed by atoms with Crippen molar-refractivity contribution in [1.82, 2.24) is 9.88 Å². The van der Waals surface area contributed by atoms with Gasteiger partial charge in [0.1, 0.15) is 5.70 Å². The van der Waals surface area contributed by atoms with Crippen molar-refractivity contribution in [3.8, 4) is 0 Å². The van der Waals surface area contributed by atoms with Gasteiger partial charge in [0.2, 0.25) is 0 Å². The van der Waals surface area contributed by atoms with Gasteiger partial charge in [0.25, 0.3) is 11.8 Å². The fourth-order valence-electron chi connectivity index (χ4n) is 4.32. The summed E-state index contributed by atoms with van der Waals surface area (Å²) in [6, 6.07) is 22.7.